The molecule has 6 nitrogen and oxygen atoms in total. The van der Waals surface area contributed by atoms with Crippen molar-refractivity contribution in [3.8, 4) is 0 Å². The Kier molecular flexibility index (Phi) is 6.49. The molecule has 2 N–H and O–H groups in total. The van der Waals surface area contributed by atoms with Gasteiger partial charge in [0, 0.05) is 12.1 Å². The number of hydrogen-bond donors (Lipinski definition) is 2. The van der Waals surface area contributed by atoms with E-state index >= 15 is 0 Å². The fourth-order valence-electron chi connectivity index (χ4n) is 1.78. The van der Waals surface area contributed by atoms with Crippen LogP contribution in [0, 0.1) is 0 Å². The van der Waals surface area contributed by atoms with Crippen LogP contribution < -0.4 is 10.6 Å². The molecule has 1 rings (SSSR count). The summed E-state index contributed by atoms with van der Waals surface area (Å²) in [5, 5.41) is 5.64. The molecule has 22 heavy (non-hydrogen) atoms. The van der Waals surface area contributed by atoms with E-state index < -0.39 is 0 Å². The molecule has 0 aliphatic heterocycles. The number of nitrogens with one attached hydrogen (secondary N) is 2. The van der Waals surface area contributed by atoms with Crippen molar-refractivity contribution >= 4 is 11.8 Å². The zero-order valence-electron chi connectivity index (χ0n) is 14.1. The van der Waals surface area contributed by atoms with Crippen LogP contribution in [-0.4, -0.2) is 54.4 Å². The molecule has 2 amide bonds. The standard InChI is InChI=1S/C16H26N4O2/c1-16(2,3)19-15(22)13-9-6-8-12(18-13)14(21)17-10-7-11-20(4)5/h6,8-9H,7,10-11H2,1-5H3,(H,17,21)(H,19,22). The summed E-state index contributed by atoms with van der Waals surface area (Å²) in [4.78, 5) is 30.3. The Hall–Kier alpha value is -1.95. The van der Waals surface area contributed by atoms with Crippen molar-refractivity contribution < 1.29 is 9.59 Å². The van der Waals surface area contributed by atoms with Gasteiger partial charge in [-0.25, -0.2) is 4.98 Å². The molecule has 0 radical (unpaired) electrons. The van der Waals surface area contributed by atoms with Crippen molar-refractivity contribution in [2.45, 2.75) is 32.7 Å². The molecule has 0 spiro atoms. The smallest absolute Gasteiger partial charge is 0.270 e. The maximum absolute atomic E-state index is 12.1. The number of hydrogen-bond acceptors (Lipinski definition) is 4. The minimum atomic E-state index is -0.344. The molecule has 1 heterocycles. The van der Waals surface area contributed by atoms with Crippen LogP contribution in [0.2, 0.25) is 0 Å². The van der Waals surface area contributed by atoms with Crippen LogP contribution in [0.25, 0.3) is 0 Å². The van der Waals surface area contributed by atoms with Crippen molar-refractivity contribution in [1.82, 2.24) is 20.5 Å². The zero-order chi connectivity index (χ0) is 16.8. The molecule has 0 aliphatic rings. The number of aromatic nitrogens is 1. The van der Waals surface area contributed by atoms with Crippen LogP contribution in [0.3, 0.4) is 0 Å². The molecule has 1 aromatic heterocycles. The van der Waals surface area contributed by atoms with Gasteiger partial charge in [-0.15, -0.1) is 0 Å². The van der Waals surface area contributed by atoms with Crippen molar-refractivity contribution in [2.75, 3.05) is 27.2 Å². The van der Waals surface area contributed by atoms with E-state index in [1.165, 1.54) is 0 Å². The van der Waals surface area contributed by atoms with E-state index in [0.717, 1.165) is 13.0 Å². The largest absolute Gasteiger partial charge is 0.351 e. The van der Waals surface area contributed by atoms with Crippen LogP contribution in [0.15, 0.2) is 18.2 Å². The van der Waals surface area contributed by atoms with Gasteiger partial charge in [0.15, 0.2) is 0 Å². The maximum atomic E-state index is 12.1. The molecule has 0 aliphatic carbocycles. The summed E-state index contributed by atoms with van der Waals surface area (Å²) in [6.45, 7) is 7.17. The Morgan fingerprint density at radius 1 is 1.14 bits per heavy atom. The number of carbonyl (C=O) groups excluding carboxylic acids is 2. The highest BCUT2D eigenvalue weighted by atomic mass is 16.2. The summed E-state index contributed by atoms with van der Waals surface area (Å²) >= 11 is 0. The number of rotatable bonds is 6. The normalized spacial score (nSPS) is 11.4. The van der Waals surface area contributed by atoms with E-state index in [1.54, 1.807) is 18.2 Å². The van der Waals surface area contributed by atoms with Gasteiger partial charge in [0.05, 0.1) is 0 Å². The Bertz CT molecular complexity index is 521. The lowest BCUT2D eigenvalue weighted by molar-refractivity contribution is 0.0914. The van der Waals surface area contributed by atoms with Gasteiger partial charge in [0.25, 0.3) is 11.8 Å². The first kappa shape index (κ1) is 18.1. The Morgan fingerprint density at radius 2 is 1.73 bits per heavy atom. The number of nitrogens with zero attached hydrogens (tertiary/aromatic N) is 2. The van der Waals surface area contributed by atoms with E-state index in [4.69, 9.17) is 0 Å². The third kappa shape index (κ3) is 6.67. The van der Waals surface area contributed by atoms with Gasteiger partial charge in [0.2, 0.25) is 0 Å². The van der Waals surface area contributed by atoms with Crippen molar-refractivity contribution in [1.29, 1.82) is 0 Å². The van der Waals surface area contributed by atoms with Gasteiger partial charge >= 0.3 is 0 Å². The minimum absolute atomic E-state index is 0.246. The van der Waals surface area contributed by atoms with Crippen LogP contribution in [-0.2, 0) is 0 Å². The quantitative estimate of drug-likeness (QED) is 0.777. The molecule has 0 fully saturated rings. The van der Waals surface area contributed by atoms with Gasteiger partial charge in [-0.2, -0.15) is 0 Å². The molecule has 122 valence electrons. The summed E-state index contributed by atoms with van der Waals surface area (Å²) in [5.41, 5.74) is 0.158. The van der Waals surface area contributed by atoms with Crippen LogP contribution >= 0.6 is 0 Å². The first-order valence-corrected chi connectivity index (χ1v) is 7.41. The molecule has 0 saturated heterocycles. The number of pyridine rings is 1. The van der Waals surface area contributed by atoms with Crippen LogP contribution in [0.4, 0.5) is 0 Å². The Morgan fingerprint density at radius 3 is 2.27 bits per heavy atom. The monoisotopic (exact) mass is 306 g/mol. The zero-order valence-corrected chi connectivity index (χ0v) is 14.1. The van der Waals surface area contributed by atoms with Crippen molar-refractivity contribution in [3.05, 3.63) is 29.6 Å². The molecule has 0 unspecified atom stereocenters. The lowest BCUT2D eigenvalue weighted by Gasteiger charge is -2.20. The molecular formula is C16H26N4O2. The summed E-state index contributed by atoms with van der Waals surface area (Å²) in [6, 6.07) is 4.87. The lowest BCUT2D eigenvalue weighted by Crippen LogP contribution is -2.41. The van der Waals surface area contributed by atoms with Gasteiger partial charge in [-0.05, 0) is 60.0 Å². The number of carbonyl (C=O) groups is 2. The topological polar surface area (TPSA) is 74.3 Å². The Labute approximate surface area is 132 Å². The fourth-order valence-corrected chi connectivity index (χ4v) is 1.78. The van der Waals surface area contributed by atoms with Crippen LogP contribution in [0.1, 0.15) is 48.2 Å². The molecule has 1 aromatic rings. The second-order valence-electron chi connectivity index (χ2n) is 6.52. The van der Waals surface area contributed by atoms with Crippen molar-refractivity contribution in [3.63, 3.8) is 0 Å². The molecule has 0 atom stereocenters. The highest BCUT2D eigenvalue weighted by molar-refractivity contribution is 5.96. The maximum Gasteiger partial charge on any atom is 0.270 e. The first-order valence-electron chi connectivity index (χ1n) is 7.41. The molecule has 0 aromatic carbocycles. The van der Waals surface area contributed by atoms with Gasteiger partial charge in [-0.3, -0.25) is 9.59 Å². The summed E-state index contributed by atoms with van der Waals surface area (Å²) in [6.07, 6.45) is 0.864. The molecule has 6 heteroatoms. The van der Waals surface area contributed by atoms with E-state index in [9.17, 15) is 9.59 Å². The minimum Gasteiger partial charge on any atom is -0.351 e. The molecule has 0 saturated carbocycles. The fraction of sp³-hybridized carbons (Fsp3) is 0.562. The molecule has 0 bridgehead atoms. The highest BCUT2D eigenvalue weighted by Gasteiger charge is 2.17. The van der Waals surface area contributed by atoms with Crippen molar-refractivity contribution in [2.24, 2.45) is 0 Å². The number of amides is 2. The second kappa shape index (κ2) is 7.89. The summed E-state index contributed by atoms with van der Waals surface area (Å²) in [7, 11) is 3.97. The lowest BCUT2D eigenvalue weighted by atomic mass is 10.1. The average Bonchev–Trinajstić information content (AvgIpc) is 2.41. The third-order valence-corrected chi connectivity index (χ3v) is 2.77. The van der Waals surface area contributed by atoms with Gasteiger partial charge in [-0.1, -0.05) is 6.07 Å². The summed E-state index contributed by atoms with van der Waals surface area (Å²) < 4.78 is 0. The predicted octanol–water partition coefficient (Wildman–Crippen LogP) is 1.29. The SMILES string of the molecule is CN(C)CCCNC(=O)c1cccc(C(=O)NC(C)(C)C)n1. The summed E-state index contributed by atoms with van der Waals surface area (Å²) in [5.74, 6) is -0.543. The van der Waals surface area contributed by atoms with Crippen LogP contribution in [0.5, 0.6) is 0 Å². The first-order chi connectivity index (χ1) is 10.2. The molecular weight excluding hydrogens is 280 g/mol. The van der Waals surface area contributed by atoms with Gasteiger partial charge in [0.1, 0.15) is 11.4 Å². The second-order valence-corrected chi connectivity index (χ2v) is 6.52. The van der Waals surface area contributed by atoms with Gasteiger partial charge < -0.3 is 15.5 Å². The third-order valence-electron chi connectivity index (χ3n) is 2.77. The van der Waals surface area contributed by atoms with E-state index in [2.05, 4.69) is 20.5 Å². The van der Waals surface area contributed by atoms with E-state index in [1.807, 2.05) is 34.9 Å². The van der Waals surface area contributed by atoms with E-state index in [-0.39, 0.29) is 28.7 Å². The average molecular weight is 306 g/mol. The van der Waals surface area contributed by atoms with E-state index in [0.29, 0.717) is 6.54 Å². The Balaban J connectivity index is 2.63. The predicted molar refractivity (Wildman–Crippen MR) is 87.0 cm³/mol. The highest BCUT2D eigenvalue weighted by Crippen LogP contribution is 2.04.